The smallest absolute Gasteiger partial charge is 0.323 e. The van der Waals surface area contributed by atoms with E-state index in [1.807, 2.05) is 24.3 Å². The summed E-state index contributed by atoms with van der Waals surface area (Å²) in [6.45, 7) is 0.124. The molecule has 110 valence electrons. The highest BCUT2D eigenvalue weighted by Crippen LogP contribution is 2.11. The molecule has 0 aliphatic carbocycles. The maximum Gasteiger partial charge on any atom is 0.323 e. The number of carbonyl (C=O) groups excluding carboxylic acids is 1. The number of amides is 1. The van der Waals surface area contributed by atoms with Crippen LogP contribution in [0.5, 0.6) is 5.75 Å². The number of aromatic nitrogens is 1. The van der Waals surface area contributed by atoms with E-state index in [-0.39, 0.29) is 12.5 Å². The molecule has 0 saturated carbocycles. The van der Waals surface area contributed by atoms with Crippen molar-refractivity contribution < 1.29 is 19.4 Å². The molecule has 1 aromatic heterocycles. The molecule has 6 nitrogen and oxygen atoms in total. The third kappa shape index (κ3) is 3.85. The molecule has 0 radical (unpaired) electrons. The largest absolute Gasteiger partial charge is 0.497 e. The van der Waals surface area contributed by atoms with Gasteiger partial charge in [-0.25, -0.2) is 0 Å². The number of nitrogens with one attached hydrogen (secondary N) is 1. The average molecular weight is 288 g/mol. The van der Waals surface area contributed by atoms with Gasteiger partial charge < -0.3 is 19.7 Å². The minimum absolute atomic E-state index is 0.238. The van der Waals surface area contributed by atoms with Gasteiger partial charge in [0.05, 0.1) is 7.11 Å². The zero-order valence-electron chi connectivity index (χ0n) is 11.6. The molecule has 1 amide bonds. The molecule has 0 bridgehead atoms. The lowest BCUT2D eigenvalue weighted by Crippen LogP contribution is -2.26. The number of nitrogens with zero attached hydrogens (tertiary/aromatic N) is 1. The molecule has 21 heavy (non-hydrogen) atoms. The highest BCUT2D eigenvalue weighted by molar-refractivity contribution is 5.93. The van der Waals surface area contributed by atoms with Gasteiger partial charge in [0, 0.05) is 12.7 Å². The summed E-state index contributed by atoms with van der Waals surface area (Å²) in [5.74, 6) is -0.548. The number of hydrogen-bond acceptors (Lipinski definition) is 3. The van der Waals surface area contributed by atoms with Crippen molar-refractivity contribution in [3.05, 3.63) is 53.9 Å². The van der Waals surface area contributed by atoms with Crippen LogP contribution in [0, 0.1) is 0 Å². The molecule has 6 heteroatoms. The van der Waals surface area contributed by atoms with Crippen LogP contribution in [0.1, 0.15) is 16.1 Å². The minimum Gasteiger partial charge on any atom is -0.497 e. The maximum absolute atomic E-state index is 12.1. The van der Waals surface area contributed by atoms with Crippen LogP contribution in [0.2, 0.25) is 0 Å². The molecular weight excluding hydrogens is 272 g/mol. The lowest BCUT2D eigenvalue weighted by atomic mass is 10.2. The molecule has 0 unspecified atom stereocenters. The van der Waals surface area contributed by atoms with Crippen molar-refractivity contribution in [1.29, 1.82) is 0 Å². The first-order valence-electron chi connectivity index (χ1n) is 6.38. The Kier molecular flexibility index (Phi) is 4.61. The van der Waals surface area contributed by atoms with E-state index < -0.39 is 5.97 Å². The second kappa shape index (κ2) is 6.60. The molecule has 0 atom stereocenters. The SMILES string of the molecule is COc1ccc(CNC(=O)c2cccn2CC(=O)O)cc1. The van der Waals surface area contributed by atoms with Crippen molar-refractivity contribution in [2.75, 3.05) is 7.11 Å². The first-order valence-corrected chi connectivity index (χ1v) is 6.38. The number of methoxy groups -OCH3 is 1. The number of carboxylic acid groups (broad SMARTS) is 1. The van der Waals surface area contributed by atoms with Gasteiger partial charge >= 0.3 is 5.97 Å². The highest BCUT2D eigenvalue weighted by Gasteiger charge is 2.12. The topological polar surface area (TPSA) is 80.6 Å². The second-order valence-electron chi connectivity index (χ2n) is 4.45. The van der Waals surface area contributed by atoms with E-state index in [1.54, 1.807) is 25.4 Å². The zero-order valence-corrected chi connectivity index (χ0v) is 11.6. The quantitative estimate of drug-likeness (QED) is 0.844. The molecule has 0 aliphatic heterocycles. The van der Waals surface area contributed by atoms with Crippen molar-refractivity contribution in [2.45, 2.75) is 13.1 Å². The number of aliphatic carboxylic acids is 1. The Morgan fingerprint density at radius 3 is 2.57 bits per heavy atom. The van der Waals surface area contributed by atoms with Gasteiger partial charge in [0.2, 0.25) is 0 Å². The molecule has 2 aromatic rings. The third-order valence-corrected chi connectivity index (χ3v) is 2.98. The molecule has 0 saturated heterocycles. The number of carboxylic acids is 1. The van der Waals surface area contributed by atoms with Crippen LogP contribution >= 0.6 is 0 Å². The molecule has 1 heterocycles. The molecule has 2 N–H and O–H groups in total. The molecular formula is C15H16N2O4. The third-order valence-electron chi connectivity index (χ3n) is 2.98. The summed E-state index contributed by atoms with van der Waals surface area (Å²) in [5, 5.41) is 11.5. The van der Waals surface area contributed by atoms with Crippen LogP contribution in [0.25, 0.3) is 0 Å². The lowest BCUT2D eigenvalue weighted by molar-refractivity contribution is -0.137. The summed E-state index contributed by atoms with van der Waals surface area (Å²) in [7, 11) is 1.59. The Bertz CT molecular complexity index is 631. The summed E-state index contributed by atoms with van der Waals surface area (Å²) < 4.78 is 6.45. The van der Waals surface area contributed by atoms with Gasteiger partial charge in [-0.15, -0.1) is 0 Å². The average Bonchev–Trinajstić information content (AvgIpc) is 2.92. The normalized spacial score (nSPS) is 10.1. The van der Waals surface area contributed by atoms with Crippen molar-refractivity contribution in [3.63, 3.8) is 0 Å². The van der Waals surface area contributed by atoms with E-state index in [2.05, 4.69) is 5.32 Å². The van der Waals surface area contributed by atoms with E-state index in [0.29, 0.717) is 12.2 Å². The van der Waals surface area contributed by atoms with Gasteiger partial charge in [0.25, 0.3) is 5.91 Å². The lowest BCUT2D eigenvalue weighted by Gasteiger charge is -2.08. The van der Waals surface area contributed by atoms with Crippen LogP contribution in [0.3, 0.4) is 0 Å². The predicted molar refractivity (Wildman–Crippen MR) is 76.2 cm³/mol. The van der Waals surface area contributed by atoms with Crippen LogP contribution < -0.4 is 10.1 Å². The molecule has 0 aliphatic rings. The summed E-state index contributed by atoms with van der Waals surface area (Å²) in [6, 6.07) is 10.6. The molecule has 2 rings (SSSR count). The number of benzene rings is 1. The fourth-order valence-electron chi connectivity index (χ4n) is 1.92. The Hall–Kier alpha value is -2.76. The molecule has 1 aromatic carbocycles. The number of carbonyl (C=O) groups is 2. The van der Waals surface area contributed by atoms with E-state index in [9.17, 15) is 9.59 Å². The predicted octanol–water partition coefficient (Wildman–Crippen LogP) is 1.51. The van der Waals surface area contributed by atoms with Crippen LogP contribution in [0.4, 0.5) is 0 Å². The Morgan fingerprint density at radius 2 is 1.95 bits per heavy atom. The van der Waals surface area contributed by atoms with E-state index in [0.717, 1.165) is 11.3 Å². The Balaban J connectivity index is 1.98. The van der Waals surface area contributed by atoms with E-state index >= 15 is 0 Å². The Labute approximate surface area is 122 Å². The van der Waals surface area contributed by atoms with Gasteiger partial charge in [-0.05, 0) is 29.8 Å². The second-order valence-corrected chi connectivity index (χ2v) is 4.45. The number of rotatable bonds is 6. The maximum atomic E-state index is 12.1. The molecule has 0 fully saturated rings. The van der Waals surface area contributed by atoms with Crippen molar-refractivity contribution in [2.24, 2.45) is 0 Å². The van der Waals surface area contributed by atoms with Gasteiger partial charge in [0.1, 0.15) is 18.0 Å². The zero-order chi connectivity index (χ0) is 15.2. The summed E-state index contributed by atoms with van der Waals surface area (Å²) in [4.78, 5) is 22.8. The van der Waals surface area contributed by atoms with Crippen molar-refractivity contribution >= 4 is 11.9 Å². The van der Waals surface area contributed by atoms with Crippen LogP contribution in [-0.4, -0.2) is 28.7 Å². The first-order chi connectivity index (χ1) is 10.1. The summed E-state index contributed by atoms with van der Waals surface area (Å²) in [6.07, 6.45) is 1.57. The van der Waals surface area contributed by atoms with Gasteiger partial charge in [-0.2, -0.15) is 0 Å². The number of ether oxygens (including phenoxy) is 1. The van der Waals surface area contributed by atoms with Crippen LogP contribution in [-0.2, 0) is 17.9 Å². The fourth-order valence-corrected chi connectivity index (χ4v) is 1.92. The first kappa shape index (κ1) is 14.6. The van der Waals surface area contributed by atoms with Crippen LogP contribution in [0.15, 0.2) is 42.6 Å². The fraction of sp³-hybridized carbons (Fsp3) is 0.200. The molecule has 0 spiro atoms. The number of hydrogen-bond donors (Lipinski definition) is 2. The van der Waals surface area contributed by atoms with Gasteiger partial charge in [-0.3, -0.25) is 9.59 Å². The highest BCUT2D eigenvalue weighted by atomic mass is 16.5. The van der Waals surface area contributed by atoms with E-state index in [1.165, 1.54) is 4.57 Å². The van der Waals surface area contributed by atoms with Crippen molar-refractivity contribution in [1.82, 2.24) is 9.88 Å². The summed E-state index contributed by atoms with van der Waals surface area (Å²) in [5.41, 5.74) is 1.26. The van der Waals surface area contributed by atoms with Gasteiger partial charge in [0.15, 0.2) is 0 Å². The Morgan fingerprint density at radius 1 is 1.24 bits per heavy atom. The monoisotopic (exact) mass is 288 g/mol. The standard InChI is InChI=1S/C15H16N2O4/c1-21-12-6-4-11(5-7-12)9-16-15(20)13-3-2-8-17(13)10-14(18)19/h2-8H,9-10H2,1H3,(H,16,20)(H,18,19). The van der Waals surface area contributed by atoms with E-state index in [4.69, 9.17) is 9.84 Å². The van der Waals surface area contributed by atoms with Crippen molar-refractivity contribution in [3.8, 4) is 5.75 Å². The summed E-state index contributed by atoms with van der Waals surface area (Å²) >= 11 is 0. The van der Waals surface area contributed by atoms with Gasteiger partial charge in [-0.1, -0.05) is 12.1 Å². The minimum atomic E-state index is -0.990.